The van der Waals surface area contributed by atoms with Crippen LogP contribution in [0.2, 0.25) is 0 Å². The zero-order valence-electron chi connectivity index (χ0n) is 18.4. The van der Waals surface area contributed by atoms with Gasteiger partial charge < -0.3 is 14.9 Å². The largest absolute Gasteiger partial charge is 0.417 e. The minimum Gasteiger partial charge on any atom is -0.396 e. The van der Waals surface area contributed by atoms with Crippen molar-refractivity contribution in [3.8, 4) is 6.07 Å². The van der Waals surface area contributed by atoms with Gasteiger partial charge in [-0.3, -0.25) is 4.79 Å². The van der Waals surface area contributed by atoms with Gasteiger partial charge in [0.1, 0.15) is 0 Å². The Morgan fingerprint density at radius 3 is 2.58 bits per heavy atom. The third-order valence-electron chi connectivity index (χ3n) is 7.07. The van der Waals surface area contributed by atoms with Crippen LogP contribution in [0.3, 0.4) is 0 Å². The summed E-state index contributed by atoms with van der Waals surface area (Å²) in [6.45, 7) is 3.75. The summed E-state index contributed by atoms with van der Waals surface area (Å²) < 4.78 is 40.2. The lowest BCUT2D eigenvalue weighted by molar-refractivity contribution is -0.137. The van der Waals surface area contributed by atoms with Crippen molar-refractivity contribution >= 4 is 11.6 Å². The standard InChI is InChI=1S/C25H26F3N3O2/c1-17-2-4-18(5-3-17)10-23(33)31-14-20-13-30(9-8-24(20,15-31)16-32)21-7-6-19(12-29)22(11-21)25(26,27)28/h2-7,11,20,32H,8-10,13-16H2,1H3/t20-,24+/m1/s1. The third-order valence-corrected chi connectivity index (χ3v) is 7.07. The zero-order valence-corrected chi connectivity index (χ0v) is 18.4. The SMILES string of the molecule is Cc1ccc(CC(=O)N2C[C@H]3CN(c4ccc(C#N)c(C(F)(F)F)c4)CC[C@@]3(CO)C2)cc1. The molecule has 0 saturated carbocycles. The minimum atomic E-state index is -4.61. The number of benzene rings is 2. The number of aryl methyl sites for hydroxylation is 1. The molecule has 0 unspecified atom stereocenters. The van der Waals surface area contributed by atoms with Crippen molar-refractivity contribution in [3.05, 3.63) is 64.7 Å². The van der Waals surface area contributed by atoms with Crippen molar-refractivity contribution in [2.75, 3.05) is 37.7 Å². The molecule has 0 radical (unpaired) electrons. The molecule has 174 valence electrons. The van der Waals surface area contributed by atoms with Gasteiger partial charge in [0.2, 0.25) is 5.91 Å². The molecule has 0 spiro atoms. The van der Waals surface area contributed by atoms with Crippen LogP contribution in [0.1, 0.15) is 28.7 Å². The Balaban J connectivity index is 1.51. The molecule has 0 bridgehead atoms. The quantitative estimate of drug-likeness (QED) is 0.759. The van der Waals surface area contributed by atoms with Gasteiger partial charge in [0, 0.05) is 43.2 Å². The second-order valence-electron chi connectivity index (χ2n) is 9.19. The summed E-state index contributed by atoms with van der Waals surface area (Å²) in [6, 6.07) is 13.2. The molecule has 2 aliphatic heterocycles. The topological polar surface area (TPSA) is 67.6 Å². The monoisotopic (exact) mass is 457 g/mol. The first-order valence-corrected chi connectivity index (χ1v) is 11.0. The van der Waals surface area contributed by atoms with Crippen LogP contribution in [0.5, 0.6) is 0 Å². The van der Waals surface area contributed by atoms with E-state index in [1.807, 2.05) is 36.1 Å². The number of hydrogen-bond acceptors (Lipinski definition) is 4. The predicted octanol–water partition coefficient (Wildman–Crippen LogP) is 3.78. The lowest BCUT2D eigenvalue weighted by atomic mass is 9.73. The number of fused-ring (bicyclic) bond motifs is 1. The summed E-state index contributed by atoms with van der Waals surface area (Å²) in [5.74, 6) is -0.0615. The lowest BCUT2D eigenvalue weighted by Gasteiger charge is -2.43. The number of alkyl halides is 3. The molecule has 8 heteroatoms. The van der Waals surface area contributed by atoms with Gasteiger partial charge in [0.05, 0.1) is 30.2 Å². The van der Waals surface area contributed by atoms with Crippen molar-refractivity contribution in [1.82, 2.24) is 4.90 Å². The second-order valence-corrected chi connectivity index (χ2v) is 9.19. The van der Waals surface area contributed by atoms with Gasteiger partial charge in [0.25, 0.3) is 0 Å². The predicted molar refractivity (Wildman–Crippen MR) is 117 cm³/mol. The number of halogens is 3. The maximum Gasteiger partial charge on any atom is 0.417 e. The maximum atomic E-state index is 13.4. The van der Waals surface area contributed by atoms with Crippen molar-refractivity contribution in [1.29, 1.82) is 5.26 Å². The normalized spacial score (nSPS) is 22.7. The summed E-state index contributed by atoms with van der Waals surface area (Å²) in [6.07, 6.45) is -3.76. The molecular weight excluding hydrogens is 431 g/mol. The van der Waals surface area contributed by atoms with Crippen LogP contribution in [0.4, 0.5) is 18.9 Å². The van der Waals surface area contributed by atoms with Crippen LogP contribution < -0.4 is 4.90 Å². The Hall–Kier alpha value is -3.05. The van der Waals surface area contributed by atoms with E-state index >= 15 is 0 Å². The second kappa shape index (κ2) is 8.71. The Morgan fingerprint density at radius 1 is 1.21 bits per heavy atom. The molecule has 2 fully saturated rings. The molecule has 4 rings (SSSR count). The molecule has 1 amide bonds. The molecule has 2 aromatic rings. The number of carbonyl (C=O) groups excluding carboxylic acids is 1. The summed E-state index contributed by atoms with van der Waals surface area (Å²) in [5, 5.41) is 19.2. The average Bonchev–Trinajstić information content (AvgIpc) is 3.19. The van der Waals surface area contributed by atoms with E-state index < -0.39 is 22.7 Å². The number of amides is 1. The van der Waals surface area contributed by atoms with E-state index in [0.29, 0.717) is 38.3 Å². The fourth-order valence-corrected chi connectivity index (χ4v) is 5.02. The van der Waals surface area contributed by atoms with Crippen molar-refractivity contribution in [2.45, 2.75) is 25.9 Å². The molecule has 0 aliphatic carbocycles. The first-order chi connectivity index (χ1) is 15.6. The number of rotatable bonds is 4. The van der Waals surface area contributed by atoms with E-state index in [2.05, 4.69) is 0 Å². The maximum absolute atomic E-state index is 13.4. The highest BCUT2D eigenvalue weighted by Crippen LogP contribution is 2.44. The minimum absolute atomic E-state index is 0.00893. The van der Waals surface area contributed by atoms with Gasteiger partial charge in [-0.15, -0.1) is 0 Å². The van der Waals surface area contributed by atoms with E-state index in [4.69, 9.17) is 5.26 Å². The molecule has 2 heterocycles. The van der Waals surface area contributed by atoms with Gasteiger partial charge in [0.15, 0.2) is 0 Å². The van der Waals surface area contributed by atoms with Gasteiger partial charge in [-0.05, 0) is 37.1 Å². The number of carbonyl (C=O) groups is 1. The molecule has 2 saturated heterocycles. The number of aliphatic hydroxyl groups is 1. The van der Waals surface area contributed by atoms with E-state index in [0.717, 1.165) is 17.2 Å². The summed E-state index contributed by atoms with van der Waals surface area (Å²) in [7, 11) is 0. The van der Waals surface area contributed by atoms with E-state index in [9.17, 15) is 23.1 Å². The van der Waals surface area contributed by atoms with Gasteiger partial charge >= 0.3 is 6.18 Å². The van der Waals surface area contributed by atoms with Crippen LogP contribution in [0.15, 0.2) is 42.5 Å². The Kier molecular flexibility index (Phi) is 6.10. The van der Waals surface area contributed by atoms with Gasteiger partial charge in [-0.1, -0.05) is 29.8 Å². The number of likely N-dealkylation sites (tertiary alicyclic amines) is 1. The number of anilines is 1. The lowest BCUT2D eigenvalue weighted by Crippen LogP contribution is -2.49. The molecule has 1 N–H and O–H groups in total. The van der Waals surface area contributed by atoms with Crippen LogP contribution in [-0.2, 0) is 17.4 Å². The third kappa shape index (κ3) is 4.55. The number of aliphatic hydroxyl groups excluding tert-OH is 1. The molecule has 0 aromatic heterocycles. The number of nitriles is 1. The first-order valence-electron chi connectivity index (χ1n) is 11.0. The highest BCUT2D eigenvalue weighted by atomic mass is 19.4. The summed E-state index contributed by atoms with van der Waals surface area (Å²) in [4.78, 5) is 16.6. The number of nitrogens with zero attached hydrogens (tertiary/aromatic N) is 3. The van der Waals surface area contributed by atoms with E-state index in [1.54, 1.807) is 11.0 Å². The molecular formula is C25H26F3N3O2. The smallest absolute Gasteiger partial charge is 0.396 e. The highest BCUT2D eigenvalue weighted by molar-refractivity contribution is 5.79. The number of piperidine rings is 1. The number of hydrogen-bond donors (Lipinski definition) is 1. The molecule has 2 aliphatic rings. The molecule has 33 heavy (non-hydrogen) atoms. The molecule has 2 atom stereocenters. The fraction of sp³-hybridized carbons (Fsp3) is 0.440. The van der Waals surface area contributed by atoms with E-state index in [1.165, 1.54) is 12.1 Å². The van der Waals surface area contributed by atoms with Gasteiger partial charge in [-0.2, -0.15) is 18.4 Å². The van der Waals surface area contributed by atoms with Crippen molar-refractivity contribution in [2.24, 2.45) is 11.3 Å². The van der Waals surface area contributed by atoms with Crippen LogP contribution >= 0.6 is 0 Å². The summed E-state index contributed by atoms with van der Waals surface area (Å²) >= 11 is 0. The average molecular weight is 457 g/mol. The van der Waals surface area contributed by atoms with Crippen molar-refractivity contribution < 1.29 is 23.1 Å². The molecule has 5 nitrogen and oxygen atoms in total. The van der Waals surface area contributed by atoms with Crippen molar-refractivity contribution in [3.63, 3.8) is 0 Å². The van der Waals surface area contributed by atoms with E-state index in [-0.39, 0.29) is 24.9 Å². The van der Waals surface area contributed by atoms with Crippen LogP contribution in [0.25, 0.3) is 0 Å². The van der Waals surface area contributed by atoms with Crippen LogP contribution in [0, 0.1) is 29.6 Å². The van der Waals surface area contributed by atoms with Gasteiger partial charge in [-0.25, -0.2) is 0 Å². The van der Waals surface area contributed by atoms with Crippen LogP contribution in [-0.4, -0.2) is 48.7 Å². The Morgan fingerprint density at radius 2 is 1.94 bits per heavy atom. The fourth-order valence-electron chi connectivity index (χ4n) is 5.02. The molecule has 2 aromatic carbocycles. The zero-order chi connectivity index (χ0) is 23.8. The Bertz CT molecular complexity index is 1080. The highest BCUT2D eigenvalue weighted by Gasteiger charge is 2.50. The first kappa shape index (κ1) is 23.1. The summed E-state index contributed by atoms with van der Waals surface area (Å²) in [5.41, 5.74) is 0.659. The Labute approximate surface area is 191 Å².